The molecule has 2 rings (SSSR count). The van der Waals surface area contributed by atoms with Crippen molar-refractivity contribution >= 4 is 38.4 Å². The molecule has 2 aromatic rings. The zero-order chi connectivity index (χ0) is 12.0. The minimum Gasteiger partial charge on any atom is -0.311 e. The highest BCUT2D eigenvalue weighted by Gasteiger charge is 2.12. The molecule has 2 nitrogen and oxygen atoms in total. The Hall–Kier alpha value is -0.800. The van der Waals surface area contributed by atoms with E-state index in [1.807, 2.05) is 19.1 Å². The second-order valence-electron chi connectivity index (χ2n) is 3.92. The van der Waals surface area contributed by atoms with Crippen molar-refractivity contribution in [2.45, 2.75) is 13.8 Å². The summed E-state index contributed by atoms with van der Waals surface area (Å²) in [7, 11) is 1.77. The molecule has 0 aliphatic carbocycles. The normalized spacial score (nSPS) is 11.1. The molecule has 0 bridgehead atoms. The van der Waals surface area contributed by atoms with E-state index in [4.69, 9.17) is 11.6 Å². The van der Waals surface area contributed by atoms with Gasteiger partial charge in [-0.25, -0.2) is 0 Å². The third-order valence-corrected chi connectivity index (χ3v) is 3.74. The Labute approximate surface area is 107 Å². The van der Waals surface area contributed by atoms with Crippen molar-refractivity contribution in [3.63, 3.8) is 0 Å². The molecule has 0 aliphatic heterocycles. The van der Waals surface area contributed by atoms with Gasteiger partial charge >= 0.3 is 0 Å². The van der Waals surface area contributed by atoms with Crippen molar-refractivity contribution in [1.82, 2.24) is 4.57 Å². The first-order valence-corrected chi connectivity index (χ1v) is 6.05. The van der Waals surface area contributed by atoms with Crippen LogP contribution in [0.4, 0.5) is 0 Å². The molecule has 0 saturated heterocycles. The van der Waals surface area contributed by atoms with E-state index in [-0.39, 0.29) is 5.56 Å². The fourth-order valence-electron chi connectivity index (χ4n) is 2.00. The van der Waals surface area contributed by atoms with Crippen molar-refractivity contribution in [2.75, 3.05) is 0 Å². The highest BCUT2D eigenvalue weighted by atomic mass is 79.9. The van der Waals surface area contributed by atoms with Crippen molar-refractivity contribution in [1.29, 1.82) is 0 Å². The van der Waals surface area contributed by atoms with Crippen LogP contribution in [0.1, 0.15) is 11.1 Å². The smallest absolute Gasteiger partial charge is 0.255 e. The average Bonchev–Trinajstić information content (AvgIpc) is 2.22. The van der Waals surface area contributed by atoms with Crippen molar-refractivity contribution < 1.29 is 0 Å². The van der Waals surface area contributed by atoms with Crippen LogP contribution in [-0.4, -0.2) is 4.57 Å². The minimum atomic E-state index is -0.0390. The fraction of sp³-hybridized carbons (Fsp3) is 0.250. The maximum absolute atomic E-state index is 11.9. The van der Waals surface area contributed by atoms with Crippen molar-refractivity contribution in [3.8, 4) is 0 Å². The largest absolute Gasteiger partial charge is 0.311 e. The third kappa shape index (κ3) is 1.59. The lowest BCUT2D eigenvalue weighted by atomic mass is 10.1. The van der Waals surface area contributed by atoms with Gasteiger partial charge in [-0.05, 0) is 31.5 Å². The van der Waals surface area contributed by atoms with Gasteiger partial charge in [-0.1, -0.05) is 27.5 Å². The predicted octanol–water partition coefficient (Wildman–Crippen LogP) is 3.57. The minimum absolute atomic E-state index is 0.0390. The second kappa shape index (κ2) is 3.90. The van der Waals surface area contributed by atoms with Gasteiger partial charge in [-0.2, -0.15) is 0 Å². The van der Waals surface area contributed by atoms with E-state index in [1.165, 1.54) is 0 Å². The number of hydrogen-bond acceptors (Lipinski definition) is 1. The number of benzene rings is 1. The molecule has 4 heteroatoms. The first-order valence-electron chi connectivity index (χ1n) is 4.88. The van der Waals surface area contributed by atoms with E-state index in [0.717, 1.165) is 20.9 Å². The molecule has 0 amide bonds. The van der Waals surface area contributed by atoms with Crippen molar-refractivity contribution in [2.24, 2.45) is 7.05 Å². The first-order chi connectivity index (χ1) is 7.43. The van der Waals surface area contributed by atoms with Gasteiger partial charge in [0.25, 0.3) is 5.56 Å². The quantitative estimate of drug-likeness (QED) is 0.729. The molecule has 0 radical (unpaired) electrons. The Morgan fingerprint density at radius 3 is 2.56 bits per heavy atom. The number of fused-ring (bicyclic) bond motifs is 1. The molecular weight excluding hydrogens is 289 g/mol. The number of nitrogens with zero attached hydrogens (tertiary/aromatic N) is 1. The van der Waals surface area contributed by atoms with E-state index in [2.05, 4.69) is 15.9 Å². The molecule has 0 aliphatic rings. The maximum atomic E-state index is 11.9. The average molecular weight is 301 g/mol. The highest BCUT2D eigenvalue weighted by molar-refractivity contribution is 9.10. The van der Waals surface area contributed by atoms with Crippen molar-refractivity contribution in [3.05, 3.63) is 43.1 Å². The van der Waals surface area contributed by atoms with Gasteiger partial charge < -0.3 is 4.57 Å². The molecule has 0 spiro atoms. The van der Waals surface area contributed by atoms with E-state index in [9.17, 15) is 4.79 Å². The number of aromatic nitrogens is 1. The van der Waals surface area contributed by atoms with E-state index < -0.39 is 0 Å². The molecule has 1 aromatic heterocycles. The lowest BCUT2D eigenvalue weighted by Gasteiger charge is -2.12. The lowest BCUT2D eigenvalue weighted by molar-refractivity contribution is 0.889. The van der Waals surface area contributed by atoms with Crippen LogP contribution in [0.2, 0.25) is 5.02 Å². The lowest BCUT2D eigenvalue weighted by Crippen LogP contribution is -2.20. The number of pyridine rings is 1. The van der Waals surface area contributed by atoms with E-state index in [1.54, 1.807) is 18.5 Å². The molecule has 0 saturated carbocycles. The summed E-state index contributed by atoms with van der Waals surface area (Å²) in [5.74, 6) is 0. The second-order valence-corrected chi connectivity index (χ2v) is 5.22. The fourth-order valence-corrected chi connectivity index (χ4v) is 2.79. The molecular formula is C12H11BrClNO. The topological polar surface area (TPSA) is 22.0 Å². The molecule has 1 heterocycles. The Balaban J connectivity index is 3.15. The van der Waals surface area contributed by atoms with Gasteiger partial charge in [0.05, 0.1) is 10.5 Å². The van der Waals surface area contributed by atoms with Gasteiger partial charge in [0.15, 0.2) is 0 Å². The zero-order valence-electron chi connectivity index (χ0n) is 9.27. The maximum Gasteiger partial charge on any atom is 0.255 e. The summed E-state index contributed by atoms with van der Waals surface area (Å²) < 4.78 is 2.62. The molecule has 16 heavy (non-hydrogen) atoms. The van der Waals surface area contributed by atoms with Crippen LogP contribution in [-0.2, 0) is 7.05 Å². The zero-order valence-corrected chi connectivity index (χ0v) is 11.6. The van der Waals surface area contributed by atoms with Crippen LogP contribution in [0.15, 0.2) is 21.4 Å². The Bertz CT molecular complexity index is 646. The van der Waals surface area contributed by atoms with Gasteiger partial charge in [0.2, 0.25) is 0 Å². The molecule has 1 aromatic carbocycles. The SMILES string of the molecule is Cc1c(Cl)c2cc(Br)cc(C)c2n(C)c1=O. The molecule has 0 atom stereocenters. The molecule has 0 N–H and O–H groups in total. The van der Waals surface area contributed by atoms with E-state index in [0.29, 0.717) is 10.6 Å². The summed E-state index contributed by atoms with van der Waals surface area (Å²) in [6.45, 7) is 3.72. The number of hydrogen-bond donors (Lipinski definition) is 0. The summed E-state index contributed by atoms with van der Waals surface area (Å²) in [5.41, 5.74) is 2.48. The van der Waals surface area contributed by atoms with E-state index >= 15 is 0 Å². The van der Waals surface area contributed by atoms with Crippen LogP contribution < -0.4 is 5.56 Å². The third-order valence-electron chi connectivity index (χ3n) is 2.79. The monoisotopic (exact) mass is 299 g/mol. The summed E-state index contributed by atoms with van der Waals surface area (Å²) in [6.07, 6.45) is 0. The van der Waals surface area contributed by atoms with Gasteiger partial charge in [0.1, 0.15) is 0 Å². The highest BCUT2D eigenvalue weighted by Crippen LogP contribution is 2.29. The van der Waals surface area contributed by atoms with Crippen LogP contribution in [0, 0.1) is 13.8 Å². The van der Waals surface area contributed by atoms with Crippen LogP contribution in [0.25, 0.3) is 10.9 Å². The number of rotatable bonds is 0. The Morgan fingerprint density at radius 1 is 1.31 bits per heavy atom. The standard InChI is InChI=1S/C12H11BrClNO/c1-6-4-8(13)5-9-10(14)7(2)12(16)15(3)11(6)9/h4-5H,1-3H3. The van der Waals surface area contributed by atoms with Crippen LogP contribution >= 0.6 is 27.5 Å². The first kappa shape index (κ1) is 11.7. The summed E-state index contributed by atoms with van der Waals surface area (Å²) in [6, 6.07) is 3.92. The number of halogens is 2. The Morgan fingerprint density at radius 2 is 1.94 bits per heavy atom. The molecule has 0 unspecified atom stereocenters. The van der Waals surface area contributed by atoms with Gasteiger partial charge in [0, 0.05) is 22.5 Å². The van der Waals surface area contributed by atoms with Crippen LogP contribution in [0.3, 0.4) is 0 Å². The number of aryl methyl sites for hydroxylation is 2. The molecule has 84 valence electrons. The molecule has 0 fully saturated rings. The predicted molar refractivity (Wildman–Crippen MR) is 71.4 cm³/mol. The summed E-state index contributed by atoms with van der Waals surface area (Å²) >= 11 is 9.65. The summed E-state index contributed by atoms with van der Waals surface area (Å²) in [5, 5.41) is 1.45. The van der Waals surface area contributed by atoms with Gasteiger partial charge in [-0.3, -0.25) is 4.79 Å². The van der Waals surface area contributed by atoms with Crippen LogP contribution in [0.5, 0.6) is 0 Å². The van der Waals surface area contributed by atoms with Gasteiger partial charge in [-0.15, -0.1) is 0 Å². The summed E-state index contributed by atoms with van der Waals surface area (Å²) in [4.78, 5) is 11.9. The Kier molecular flexibility index (Phi) is 2.84.